The standard InChI is InChI=1S/C17H21NO5/c19-14-10-8-9-13(16(14)22)17(23)18-12-7-5-3-1-2-4-6-11-15(20)21/h1-2,5,7-10,19,22H,3-4,6,11-12H2,(H,18,23)(H,20,21). The minimum Gasteiger partial charge on any atom is -0.504 e. The topological polar surface area (TPSA) is 107 Å². The molecule has 0 fully saturated rings. The predicted molar refractivity (Wildman–Crippen MR) is 86.5 cm³/mol. The number of carboxylic acids is 1. The van der Waals surface area contributed by atoms with Gasteiger partial charge in [-0.05, 0) is 31.4 Å². The first-order chi connectivity index (χ1) is 11.0. The number of phenolic OH excluding ortho intramolecular Hbond substituents is 2. The van der Waals surface area contributed by atoms with Gasteiger partial charge in [0.15, 0.2) is 11.5 Å². The largest absolute Gasteiger partial charge is 0.504 e. The maximum Gasteiger partial charge on any atom is 0.303 e. The van der Waals surface area contributed by atoms with Crippen LogP contribution in [-0.4, -0.2) is 33.7 Å². The summed E-state index contributed by atoms with van der Waals surface area (Å²) in [5.74, 6) is -2.02. The quantitative estimate of drug-likeness (QED) is 0.318. The predicted octanol–water partition coefficient (Wildman–Crippen LogP) is 2.59. The van der Waals surface area contributed by atoms with Gasteiger partial charge in [0.2, 0.25) is 0 Å². The Morgan fingerprint density at radius 2 is 1.83 bits per heavy atom. The number of amides is 1. The molecule has 0 aliphatic heterocycles. The Labute approximate surface area is 134 Å². The van der Waals surface area contributed by atoms with Gasteiger partial charge in [-0.1, -0.05) is 30.4 Å². The van der Waals surface area contributed by atoms with E-state index in [0.29, 0.717) is 19.4 Å². The van der Waals surface area contributed by atoms with E-state index >= 15 is 0 Å². The minimum absolute atomic E-state index is 0.0247. The van der Waals surface area contributed by atoms with Crippen LogP contribution >= 0.6 is 0 Å². The lowest BCUT2D eigenvalue weighted by molar-refractivity contribution is -0.137. The van der Waals surface area contributed by atoms with Crippen LogP contribution in [0.4, 0.5) is 0 Å². The lowest BCUT2D eigenvalue weighted by Crippen LogP contribution is -2.23. The van der Waals surface area contributed by atoms with Crippen LogP contribution in [0.15, 0.2) is 42.5 Å². The van der Waals surface area contributed by atoms with Crippen LogP contribution in [0, 0.1) is 0 Å². The van der Waals surface area contributed by atoms with Gasteiger partial charge in [-0.15, -0.1) is 0 Å². The molecule has 1 rings (SSSR count). The summed E-state index contributed by atoms with van der Waals surface area (Å²) in [5, 5.41) is 30.0. The Morgan fingerprint density at radius 1 is 1.09 bits per heavy atom. The number of nitrogens with one attached hydrogen (secondary N) is 1. The molecule has 0 spiro atoms. The van der Waals surface area contributed by atoms with Crippen molar-refractivity contribution < 1.29 is 24.9 Å². The van der Waals surface area contributed by atoms with Gasteiger partial charge in [-0.2, -0.15) is 0 Å². The minimum atomic E-state index is -0.785. The first-order valence-corrected chi connectivity index (χ1v) is 7.33. The molecule has 0 heterocycles. The van der Waals surface area contributed by atoms with E-state index in [1.54, 1.807) is 6.08 Å². The second kappa shape index (κ2) is 10.0. The number of phenols is 2. The third-order valence-electron chi connectivity index (χ3n) is 3.01. The zero-order chi connectivity index (χ0) is 17.1. The number of para-hydroxylation sites is 1. The molecule has 0 atom stereocenters. The smallest absolute Gasteiger partial charge is 0.303 e. The molecule has 0 aliphatic rings. The Hall–Kier alpha value is -2.76. The normalized spacial score (nSPS) is 11.1. The summed E-state index contributed by atoms with van der Waals surface area (Å²) < 4.78 is 0. The highest BCUT2D eigenvalue weighted by molar-refractivity contribution is 5.97. The number of benzene rings is 1. The van der Waals surface area contributed by atoms with Gasteiger partial charge in [0.05, 0.1) is 5.56 Å². The van der Waals surface area contributed by atoms with Crippen molar-refractivity contribution in [2.75, 3.05) is 6.54 Å². The zero-order valence-corrected chi connectivity index (χ0v) is 12.7. The lowest BCUT2D eigenvalue weighted by atomic mass is 10.1. The van der Waals surface area contributed by atoms with Crippen molar-refractivity contribution in [1.82, 2.24) is 5.32 Å². The second-order valence-electron chi connectivity index (χ2n) is 4.85. The number of carbonyl (C=O) groups is 2. The average Bonchev–Trinajstić information content (AvgIpc) is 2.51. The van der Waals surface area contributed by atoms with Crippen molar-refractivity contribution in [3.63, 3.8) is 0 Å². The molecule has 0 radical (unpaired) electrons. The van der Waals surface area contributed by atoms with Crippen molar-refractivity contribution in [1.29, 1.82) is 0 Å². The van der Waals surface area contributed by atoms with Crippen LogP contribution < -0.4 is 5.32 Å². The van der Waals surface area contributed by atoms with Gasteiger partial charge in [0.25, 0.3) is 5.91 Å². The van der Waals surface area contributed by atoms with Crippen molar-refractivity contribution >= 4 is 11.9 Å². The SMILES string of the molecule is O=C(O)CCCC=CCC=CCNC(=O)c1cccc(O)c1O. The molecule has 6 nitrogen and oxygen atoms in total. The van der Waals surface area contributed by atoms with Gasteiger partial charge in [-0.3, -0.25) is 9.59 Å². The van der Waals surface area contributed by atoms with Crippen LogP contribution in [0.25, 0.3) is 0 Å². The van der Waals surface area contributed by atoms with E-state index in [-0.39, 0.29) is 17.7 Å². The van der Waals surface area contributed by atoms with E-state index < -0.39 is 17.6 Å². The highest BCUT2D eigenvalue weighted by atomic mass is 16.4. The van der Waals surface area contributed by atoms with Crippen molar-refractivity contribution in [2.45, 2.75) is 25.7 Å². The van der Waals surface area contributed by atoms with Crippen molar-refractivity contribution in [2.24, 2.45) is 0 Å². The number of aromatic hydroxyl groups is 2. The number of hydrogen-bond donors (Lipinski definition) is 4. The van der Waals surface area contributed by atoms with E-state index in [1.807, 2.05) is 18.2 Å². The number of carbonyl (C=O) groups excluding carboxylic acids is 1. The third-order valence-corrected chi connectivity index (χ3v) is 3.01. The highest BCUT2D eigenvalue weighted by Crippen LogP contribution is 2.27. The van der Waals surface area contributed by atoms with Crippen molar-refractivity contribution in [3.8, 4) is 11.5 Å². The Balaban J connectivity index is 2.23. The monoisotopic (exact) mass is 319 g/mol. The first kappa shape index (κ1) is 18.3. The van der Waals surface area contributed by atoms with E-state index in [9.17, 15) is 19.8 Å². The van der Waals surface area contributed by atoms with E-state index in [2.05, 4.69) is 5.32 Å². The molecule has 0 aliphatic carbocycles. The summed E-state index contributed by atoms with van der Waals surface area (Å²) in [5.41, 5.74) is 0.0247. The molecule has 1 amide bonds. The number of allylic oxidation sites excluding steroid dienone is 3. The van der Waals surface area contributed by atoms with E-state index in [1.165, 1.54) is 18.2 Å². The third kappa shape index (κ3) is 7.17. The number of unbranched alkanes of at least 4 members (excludes halogenated alkanes) is 1. The molecule has 1 aromatic rings. The van der Waals surface area contributed by atoms with Crippen LogP contribution in [0.5, 0.6) is 11.5 Å². The molecular formula is C17H21NO5. The molecule has 0 bridgehead atoms. The molecule has 6 heteroatoms. The fourth-order valence-electron chi connectivity index (χ4n) is 1.80. The van der Waals surface area contributed by atoms with E-state index in [0.717, 1.165) is 6.42 Å². The van der Waals surface area contributed by atoms with Gasteiger partial charge in [0, 0.05) is 13.0 Å². The molecule has 0 aromatic heterocycles. The van der Waals surface area contributed by atoms with Crippen LogP contribution in [-0.2, 0) is 4.79 Å². The summed E-state index contributed by atoms with van der Waals surface area (Å²) in [4.78, 5) is 22.1. The van der Waals surface area contributed by atoms with Gasteiger partial charge < -0.3 is 20.6 Å². The number of aliphatic carboxylic acids is 1. The summed E-state index contributed by atoms with van der Waals surface area (Å²) in [6.07, 6.45) is 9.73. The molecule has 4 N–H and O–H groups in total. The Kier molecular flexibility index (Phi) is 7.99. The molecule has 0 saturated heterocycles. The second-order valence-corrected chi connectivity index (χ2v) is 4.85. The van der Waals surface area contributed by atoms with E-state index in [4.69, 9.17) is 5.11 Å². The summed E-state index contributed by atoms with van der Waals surface area (Å²) in [6.45, 7) is 0.306. The summed E-state index contributed by atoms with van der Waals surface area (Å²) in [7, 11) is 0. The molecular weight excluding hydrogens is 298 g/mol. The highest BCUT2D eigenvalue weighted by Gasteiger charge is 2.12. The first-order valence-electron chi connectivity index (χ1n) is 7.33. The number of rotatable bonds is 9. The lowest BCUT2D eigenvalue weighted by Gasteiger charge is -2.05. The molecule has 0 unspecified atom stereocenters. The molecule has 1 aromatic carbocycles. The molecule has 23 heavy (non-hydrogen) atoms. The fourth-order valence-corrected chi connectivity index (χ4v) is 1.80. The van der Waals surface area contributed by atoms with Crippen LogP contribution in [0.3, 0.4) is 0 Å². The van der Waals surface area contributed by atoms with Crippen LogP contribution in [0.1, 0.15) is 36.0 Å². The zero-order valence-electron chi connectivity index (χ0n) is 12.7. The van der Waals surface area contributed by atoms with Gasteiger partial charge in [0.1, 0.15) is 0 Å². The fraction of sp³-hybridized carbons (Fsp3) is 0.294. The van der Waals surface area contributed by atoms with Gasteiger partial charge >= 0.3 is 5.97 Å². The molecule has 0 saturated carbocycles. The molecule has 124 valence electrons. The number of carboxylic acid groups (broad SMARTS) is 1. The van der Waals surface area contributed by atoms with Crippen molar-refractivity contribution in [3.05, 3.63) is 48.1 Å². The maximum atomic E-state index is 11.8. The maximum absolute atomic E-state index is 11.8. The number of hydrogen-bond acceptors (Lipinski definition) is 4. The average molecular weight is 319 g/mol. The Morgan fingerprint density at radius 3 is 2.57 bits per heavy atom. The summed E-state index contributed by atoms with van der Waals surface area (Å²) >= 11 is 0. The summed E-state index contributed by atoms with van der Waals surface area (Å²) in [6, 6.07) is 4.21. The van der Waals surface area contributed by atoms with Crippen LogP contribution in [0.2, 0.25) is 0 Å². The Bertz CT molecular complexity index is 593. The van der Waals surface area contributed by atoms with Gasteiger partial charge in [-0.25, -0.2) is 0 Å².